The third-order valence-electron chi connectivity index (χ3n) is 3.52. The molecule has 1 aromatic carbocycles. The van der Waals surface area contributed by atoms with Gasteiger partial charge in [0, 0.05) is 6.07 Å². The van der Waals surface area contributed by atoms with Crippen LogP contribution in [0.15, 0.2) is 18.2 Å². The minimum atomic E-state index is 0.468. The minimum Gasteiger partial charge on any atom is -0.493 e. The number of ether oxygens (including phenoxy) is 1. The van der Waals surface area contributed by atoms with Crippen molar-refractivity contribution in [1.82, 2.24) is 0 Å². The molecule has 1 fully saturated rings. The summed E-state index contributed by atoms with van der Waals surface area (Å²) in [6, 6.07) is 7.32. The Kier molecular flexibility index (Phi) is 4.90. The first-order valence-electron chi connectivity index (χ1n) is 6.62. The van der Waals surface area contributed by atoms with E-state index in [-0.39, 0.29) is 0 Å². The van der Waals surface area contributed by atoms with Gasteiger partial charge >= 0.3 is 0 Å². The fourth-order valence-corrected chi connectivity index (χ4v) is 2.63. The van der Waals surface area contributed by atoms with Gasteiger partial charge in [-0.05, 0) is 30.9 Å². The van der Waals surface area contributed by atoms with E-state index in [1.165, 1.54) is 38.5 Å². The van der Waals surface area contributed by atoms with E-state index in [0.29, 0.717) is 16.5 Å². The second-order valence-electron chi connectivity index (χ2n) is 4.92. The molecule has 0 atom stereocenters. The van der Waals surface area contributed by atoms with Crippen molar-refractivity contribution in [2.45, 2.75) is 38.5 Å². The summed E-state index contributed by atoms with van der Waals surface area (Å²) < 4.78 is 5.79. The summed E-state index contributed by atoms with van der Waals surface area (Å²) in [5.41, 5.74) is 0.499. The molecule has 96 valence electrons. The van der Waals surface area contributed by atoms with Crippen LogP contribution < -0.4 is 4.74 Å². The van der Waals surface area contributed by atoms with E-state index in [1.54, 1.807) is 12.1 Å². The molecular weight excluding hydrogens is 246 g/mol. The first kappa shape index (κ1) is 13.2. The van der Waals surface area contributed by atoms with Crippen LogP contribution in [0.5, 0.6) is 5.75 Å². The van der Waals surface area contributed by atoms with Crippen molar-refractivity contribution in [2.24, 2.45) is 5.92 Å². The predicted octanol–water partition coefficient (Wildman–Crippen LogP) is 4.56. The Labute approximate surface area is 114 Å². The van der Waals surface area contributed by atoms with Crippen molar-refractivity contribution in [2.75, 3.05) is 6.61 Å². The van der Waals surface area contributed by atoms with Gasteiger partial charge in [-0.1, -0.05) is 37.3 Å². The molecule has 0 radical (unpaired) electrons. The Morgan fingerprint density at radius 2 is 1.94 bits per heavy atom. The van der Waals surface area contributed by atoms with Crippen LogP contribution in [0.3, 0.4) is 0 Å². The molecule has 0 saturated heterocycles. The summed E-state index contributed by atoms with van der Waals surface area (Å²) in [4.78, 5) is 0. The zero-order chi connectivity index (χ0) is 12.8. The van der Waals surface area contributed by atoms with Crippen molar-refractivity contribution in [3.8, 4) is 11.8 Å². The van der Waals surface area contributed by atoms with Crippen LogP contribution in [0.4, 0.5) is 0 Å². The van der Waals surface area contributed by atoms with Crippen LogP contribution in [-0.2, 0) is 0 Å². The molecule has 1 aromatic rings. The third kappa shape index (κ3) is 3.65. The number of hydrogen-bond acceptors (Lipinski definition) is 2. The lowest BCUT2D eigenvalue weighted by Gasteiger charge is -2.15. The molecule has 1 saturated carbocycles. The zero-order valence-electron chi connectivity index (χ0n) is 10.5. The second-order valence-corrected chi connectivity index (χ2v) is 5.33. The Bertz CT molecular complexity index is 431. The highest BCUT2D eigenvalue weighted by atomic mass is 35.5. The number of rotatable bonds is 3. The molecule has 0 bridgehead atoms. The Morgan fingerprint density at radius 3 is 2.56 bits per heavy atom. The summed E-state index contributed by atoms with van der Waals surface area (Å²) in [5.74, 6) is 1.44. The average molecular weight is 264 g/mol. The lowest BCUT2D eigenvalue weighted by Crippen LogP contribution is -2.11. The fraction of sp³-hybridized carbons (Fsp3) is 0.533. The smallest absolute Gasteiger partial charge is 0.120 e. The van der Waals surface area contributed by atoms with Crippen molar-refractivity contribution in [1.29, 1.82) is 5.26 Å². The quantitative estimate of drug-likeness (QED) is 0.749. The van der Waals surface area contributed by atoms with Gasteiger partial charge in [0.15, 0.2) is 0 Å². The Hall–Kier alpha value is -1.20. The number of halogens is 1. The summed E-state index contributed by atoms with van der Waals surface area (Å²) in [7, 11) is 0. The summed E-state index contributed by atoms with van der Waals surface area (Å²) in [5, 5.41) is 9.27. The molecule has 3 heteroatoms. The molecule has 2 nitrogen and oxygen atoms in total. The Morgan fingerprint density at radius 1 is 1.22 bits per heavy atom. The minimum absolute atomic E-state index is 0.468. The van der Waals surface area contributed by atoms with Crippen molar-refractivity contribution < 1.29 is 4.74 Å². The lowest BCUT2D eigenvalue weighted by atomic mass is 10.0. The van der Waals surface area contributed by atoms with E-state index in [1.807, 2.05) is 12.1 Å². The van der Waals surface area contributed by atoms with Gasteiger partial charge in [0.25, 0.3) is 0 Å². The molecule has 2 rings (SSSR count). The third-order valence-corrected chi connectivity index (χ3v) is 3.83. The molecule has 1 aliphatic rings. The lowest BCUT2D eigenvalue weighted by molar-refractivity contribution is 0.234. The number of nitriles is 1. The number of hydrogen-bond donors (Lipinski definition) is 0. The highest BCUT2D eigenvalue weighted by Crippen LogP contribution is 2.26. The molecule has 0 aliphatic heterocycles. The summed E-state index contributed by atoms with van der Waals surface area (Å²) >= 11 is 5.97. The second kappa shape index (κ2) is 6.66. The topological polar surface area (TPSA) is 33.0 Å². The average Bonchev–Trinajstić information content (AvgIpc) is 2.65. The van der Waals surface area contributed by atoms with Crippen LogP contribution in [-0.4, -0.2) is 6.61 Å². The van der Waals surface area contributed by atoms with Gasteiger partial charge in [-0.2, -0.15) is 5.26 Å². The van der Waals surface area contributed by atoms with Crippen LogP contribution in [0.1, 0.15) is 44.1 Å². The standard InChI is InChI=1S/C15H18ClNO/c16-15-9-14(8-7-13(15)10-17)18-11-12-5-3-1-2-4-6-12/h7-9,12H,1-6,11H2. The van der Waals surface area contributed by atoms with E-state index in [0.717, 1.165) is 12.4 Å². The molecule has 18 heavy (non-hydrogen) atoms. The van der Waals surface area contributed by atoms with Gasteiger partial charge in [0.1, 0.15) is 11.8 Å². The molecule has 0 unspecified atom stereocenters. The number of benzene rings is 1. The molecule has 0 aromatic heterocycles. The predicted molar refractivity (Wildman–Crippen MR) is 72.9 cm³/mol. The molecule has 1 aliphatic carbocycles. The van der Waals surface area contributed by atoms with Gasteiger partial charge in [-0.3, -0.25) is 0 Å². The maximum atomic E-state index is 8.80. The largest absolute Gasteiger partial charge is 0.493 e. The van der Waals surface area contributed by atoms with Crippen molar-refractivity contribution >= 4 is 11.6 Å². The van der Waals surface area contributed by atoms with E-state index >= 15 is 0 Å². The van der Waals surface area contributed by atoms with Crippen molar-refractivity contribution in [3.63, 3.8) is 0 Å². The van der Waals surface area contributed by atoms with E-state index in [9.17, 15) is 0 Å². The monoisotopic (exact) mass is 263 g/mol. The van der Waals surface area contributed by atoms with E-state index < -0.39 is 0 Å². The molecular formula is C15H18ClNO. The summed E-state index contributed by atoms with van der Waals surface area (Å²) in [6.07, 6.45) is 7.90. The first-order chi connectivity index (χ1) is 8.79. The summed E-state index contributed by atoms with van der Waals surface area (Å²) in [6.45, 7) is 0.766. The molecule has 0 amide bonds. The maximum Gasteiger partial charge on any atom is 0.120 e. The van der Waals surface area contributed by atoms with Gasteiger partial charge in [-0.25, -0.2) is 0 Å². The molecule has 0 N–H and O–H groups in total. The molecule has 0 spiro atoms. The van der Waals surface area contributed by atoms with Crippen LogP contribution in [0.2, 0.25) is 5.02 Å². The first-order valence-corrected chi connectivity index (χ1v) is 7.00. The highest BCUT2D eigenvalue weighted by molar-refractivity contribution is 6.31. The van der Waals surface area contributed by atoms with Gasteiger partial charge in [-0.15, -0.1) is 0 Å². The van der Waals surface area contributed by atoms with E-state index in [4.69, 9.17) is 21.6 Å². The van der Waals surface area contributed by atoms with Gasteiger partial charge in [0.2, 0.25) is 0 Å². The number of nitrogens with zero attached hydrogens (tertiary/aromatic N) is 1. The van der Waals surface area contributed by atoms with Crippen LogP contribution >= 0.6 is 11.6 Å². The normalized spacial score (nSPS) is 16.9. The fourth-order valence-electron chi connectivity index (χ4n) is 2.42. The van der Waals surface area contributed by atoms with Crippen LogP contribution in [0, 0.1) is 17.2 Å². The Balaban J connectivity index is 1.89. The van der Waals surface area contributed by atoms with Gasteiger partial charge < -0.3 is 4.74 Å². The van der Waals surface area contributed by atoms with E-state index in [2.05, 4.69) is 0 Å². The van der Waals surface area contributed by atoms with Crippen molar-refractivity contribution in [3.05, 3.63) is 28.8 Å². The van der Waals surface area contributed by atoms with Crippen LogP contribution in [0.25, 0.3) is 0 Å². The molecule has 0 heterocycles. The maximum absolute atomic E-state index is 8.80. The van der Waals surface area contributed by atoms with Gasteiger partial charge in [0.05, 0.1) is 17.2 Å². The highest BCUT2D eigenvalue weighted by Gasteiger charge is 2.13. The SMILES string of the molecule is N#Cc1ccc(OCC2CCCCCC2)cc1Cl. The zero-order valence-corrected chi connectivity index (χ0v) is 11.2.